The van der Waals surface area contributed by atoms with Crippen LogP contribution in [-0.4, -0.2) is 31.3 Å². The molecule has 122 valence electrons. The van der Waals surface area contributed by atoms with E-state index in [9.17, 15) is 4.79 Å². The van der Waals surface area contributed by atoms with E-state index >= 15 is 0 Å². The molecule has 1 heterocycles. The fourth-order valence-electron chi connectivity index (χ4n) is 2.48. The second kappa shape index (κ2) is 7.49. The van der Waals surface area contributed by atoms with Gasteiger partial charge in [-0.25, -0.2) is 4.79 Å². The molecule has 1 fully saturated rings. The molecule has 1 aliphatic heterocycles. The molecular formula is C17H27N3O2. The largest absolute Gasteiger partial charge is 0.444 e. The van der Waals surface area contributed by atoms with Gasteiger partial charge in [0.1, 0.15) is 5.60 Å². The quantitative estimate of drug-likeness (QED) is 0.797. The number of nitrogens with one attached hydrogen (secondary N) is 3. The van der Waals surface area contributed by atoms with Gasteiger partial charge in [-0.1, -0.05) is 6.07 Å². The number of piperidine rings is 1. The number of hydrogen-bond acceptors (Lipinski definition) is 4. The van der Waals surface area contributed by atoms with Crippen LogP contribution in [0.3, 0.4) is 0 Å². The average molecular weight is 305 g/mol. The van der Waals surface area contributed by atoms with Crippen LogP contribution >= 0.6 is 0 Å². The lowest BCUT2D eigenvalue weighted by molar-refractivity contribution is 0.0636. The van der Waals surface area contributed by atoms with Crippen LogP contribution < -0.4 is 16.0 Å². The highest BCUT2D eigenvalue weighted by molar-refractivity contribution is 5.85. The Morgan fingerprint density at radius 3 is 2.64 bits per heavy atom. The van der Waals surface area contributed by atoms with E-state index in [2.05, 4.69) is 16.0 Å². The summed E-state index contributed by atoms with van der Waals surface area (Å²) < 4.78 is 5.26. The molecule has 5 heteroatoms. The first-order chi connectivity index (χ1) is 10.4. The molecule has 1 aliphatic rings. The van der Waals surface area contributed by atoms with Crippen LogP contribution in [0.15, 0.2) is 24.3 Å². The second-order valence-corrected chi connectivity index (χ2v) is 6.78. The topological polar surface area (TPSA) is 62.4 Å². The van der Waals surface area contributed by atoms with Crippen molar-refractivity contribution in [1.82, 2.24) is 5.32 Å². The number of carbonyl (C=O) groups is 1. The van der Waals surface area contributed by atoms with Crippen molar-refractivity contribution in [2.45, 2.75) is 39.2 Å². The number of anilines is 2. The first-order valence-electron chi connectivity index (χ1n) is 7.97. The van der Waals surface area contributed by atoms with E-state index in [1.54, 1.807) is 0 Å². The Bertz CT molecular complexity index is 491. The maximum Gasteiger partial charge on any atom is 0.412 e. The molecule has 2 rings (SSSR count). The Hall–Kier alpha value is -1.75. The summed E-state index contributed by atoms with van der Waals surface area (Å²) in [7, 11) is 0. The van der Waals surface area contributed by atoms with Crippen LogP contribution in [0.25, 0.3) is 0 Å². The van der Waals surface area contributed by atoms with Gasteiger partial charge in [0.25, 0.3) is 0 Å². The SMILES string of the molecule is CC(C)(C)OC(=O)Nc1cccc(NCC2CCNCC2)c1. The lowest BCUT2D eigenvalue weighted by atomic mass is 9.98. The summed E-state index contributed by atoms with van der Waals surface area (Å²) in [6.07, 6.45) is 1.99. The normalized spacial score (nSPS) is 16.1. The first-order valence-corrected chi connectivity index (χ1v) is 7.97. The van der Waals surface area contributed by atoms with Gasteiger partial charge in [-0.2, -0.15) is 0 Å². The van der Waals surface area contributed by atoms with Gasteiger partial charge in [0.15, 0.2) is 0 Å². The molecule has 0 atom stereocenters. The zero-order valence-corrected chi connectivity index (χ0v) is 13.7. The highest BCUT2D eigenvalue weighted by Crippen LogP contribution is 2.18. The van der Waals surface area contributed by atoms with Crippen LogP contribution in [0.5, 0.6) is 0 Å². The second-order valence-electron chi connectivity index (χ2n) is 6.78. The van der Waals surface area contributed by atoms with Gasteiger partial charge in [0.2, 0.25) is 0 Å². The highest BCUT2D eigenvalue weighted by Gasteiger charge is 2.16. The number of hydrogen-bond donors (Lipinski definition) is 3. The van der Waals surface area contributed by atoms with Gasteiger partial charge in [-0.3, -0.25) is 5.32 Å². The van der Waals surface area contributed by atoms with Crippen LogP contribution in [0.1, 0.15) is 33.6 Å². The standard InChI is InChI=1S/C17H27N3O2/c1-17(2,3)22-16(21)20-15-6-4-5-14(11-15)19-12-13-7-9-18-10-8-13/h4-6,11,13,18-19H,7-10,12H2,1-3H3,(H,20,21). The smallest absolute Gasteiger partial charge is 0.412 e. The lowest BCUT2D eigenvalue weighted by Crippen LogP contribution is -2.31. The number of carbonyl (C=O) groups excluding carboxylic acids is 1. The summed E-state index contributed by atoms with van der Waals surface area (Å²) >= 11 is 0. The van der Waals surface area contributed by atoms with Crippen molar-refractivity contribution in [3.63, 3.8) is 0 Å². The Morgan fingerprint density at radius 1 is 1.27 bits per heavy atom. The molecule has 1 aromatic rings. The molecule has 0 saturated carbocycles. The summed E-state index contributed by atoms with van der Waals surface area (Å²) in [6, 6.07) is 7.74. The van der Waals surface area contributed by atoms with E-state index in [0.717, 1.165) is 31.0 Å². The summed E-state index contributed by atoms with van der Waals surface area (Å²) in [5.41, 5.74) is 1.27. The van der Waals surface area contributed by atoms with Crippen molar-refractivity contribution in [3.8, 4) is 0 Å². The van der Waals surface area contributed by atoms with E-state index in [1.165, 1.54) is 12.8 Å². The Labute approximate surface area is 132 Å². The molecule has 0 aliphatic carbocycles. The Kier molecular flexibility index (Phi) is 5.66. The number of ether oxygens (including phenoxy) is 1. The van der Waals surface area contributed by atoms with Crippen molar-refractivity contribution < 1.29 is 9.53 Å². The highest BCUT2D eigenvalue weighted by atomic mass is 16.6. The minimum absolute atomic E-state index is 0.428. The molecule has 0 spiro atoms. The predicted molar refractivity (Wildman–Crippen MR) is 90.4 cm³/mol. The molecule has 1 aromatic carbocycles. The predicted octanol–water partition coefficient (Wildman–Crippen LogP) is 3.45. The van der Waals surface area contributed by atoms with E-state index in [4.69, 9.17) is 4.74 Å². The van der Waals surface area contributed by atoms with Crippen LogP contribution in [-0.2, 0) is 4.74 Å². The Balaban J connectivity index is 1.85. The third-order valence-corrected chi connectivity index (χ3v) is 3.56. The van der Waals surface area contributed by atoms with Gasteiger partial charge in [-0.15, -0.1) is 0 Å². The van der Waals surface area contributed by atoms with Crippen LogP contribution in [0.4, 0.5) is 16.2 Å². The van der Waals surface area contributed by atoms with Crippen molar-refractivity contribution in [3.05, 3.63) is 24.3 Å². The average Bonchev–Trinajstić information content (AvgIpc) is 2.44. The maximum atomic E-state index is 11.8. The van der Waals surface area contributed by atoms with E-state index < -0.39 is 11.7 Å². The summed E-state index contributed by atoms with van der Waals surface area (Å²) in [5, 5.41) is 9.59. The molecule has 0 radical (unpaired) electrons. The Morgan fingerprint density at radius 2 is 1.95 bits per heavy atom. The summed E-state index contributed by atoms with van der Waals surface area (Å²) in [5.74, 6) is 0.712. The number of rotatable bonds is 4. The molecule has 22 heavy (non-hydrogen) atoms. The van der Waals surface area contributed by atoms with E-state index in [-0.39, 0.29) is 0 Å². The monoisotopic (exact) mass is 305 g/mol. The van der Waals surface area contributed by atoms with Gasteiger partial charge in [0.05, 0.1) is 0 Å². The van der Waals surface area contributed by atoms with Crippen LogP contribution in [0.2, 0.25) is 0 Å². The van der Waals surface area contributed by atoms with Crippen molar-refractivity contribution in [2.75, 3.05) is 30.3 Å². The van der Waals surface area contributed by atoms with Crippen molar-refractivity contribution in [2.24, 2.45) is 5.92 Å². The van der Waals surface area contributed by atoms with Gasteiger partial charge >= 0.3 is 6.09 Å². The number of amides is 1. The summed E-state index contributed by atoms with van der Waals surface area (Å²) in [4.78, 5) is 11.8. The van der Waals surface area contributed by atoms with E-state index in [0.29, 0.717) is 5.92 Å². The lowest BCUT2D eigenvalue weighted by Gasteiger charge is -2.23. The van der Waals surface area contributed by atoms with E-state index in [1.807, 2.05) is 45.0 Å². The first kappa shape index (κ1) is 16.6. The summed E-state index contributed by atoms with van der Waals surface area (Å²) in [6.45, 7) is 8.73. The maximum absolute atomic E-state index is 11.8. The fourth-order valence-corrected chi connectivity index (χ4v) is 2.48. The minimum Gasteiger partial charge on any atom is -0.444 e. The third-order valence-electron chi connectivity index (χ3n) is 3.56. The van der Waals surface area contributed by atoms with Crippen molar-refractivity contribution in [1.29, 1.82) is 0 Å². The molecule has 3 N–H and O–H groups in total. The number of benzene rings is 1. The van der Waals surface area contributed by atoms with Gasteiger partial charge < -0.3 is 15.4 Å². The van der Waals surface area contributed by atoms with Gasteiger partial charge in [-0.05, 0) is 70.8 Å². The fraction of sp³-hybridized carbons (Fsp3) is 0.588. The van der Waals surface area contributed by atoms with Crippen LogP contribution in [0, 0.1) is 5.92 Å². The molecule has 1 saturated heterocycles. The molecule has 0 bridgehead atoms. The molecule has 5 nitrogen and oxygen atoms in total. The van der Waals surface area contributed by atoms with Crippen molar-refractivity contribution >= 4 is 17.5 Å². The molecular weight excluding hydrogens is 278 g/mol. The van der Waals surface area contributed by atoms with Gasteiger partial charge in [0, 0.05) is 17.9 Å². The molecule has 0 aromatic heterocycles. The zero-order chi connectivity index (χ0) is 16.0. The minimum atomic E-state index is -0.491. The third kappa shape index (κ3) is 5.93. The molecule has 1 amide bonds. The zero-order valence-electron chi connectivity index (χ0n) is 13.7. The molecule has 0 unspecified atom stereocenters.